The molecule has 9 heavy (non-hydrogen) atoms. The molecule has 52 valence electrons. The summed E-state index contributed by atoms with van der Waals surface area (Å²) < 4.78 is 1.06. The van der Waals surface area contributed by atoms with Crippen molar-refractivity contribution in [1.29, 1.82) is 0 Å². The molecule has 0 fully saturated rings. The largest absolute Gasteiger partial charge is 0.396 e. The molecule has 0 aromatic carbocycles. The lowest BCUT2D eigenvalue weighted by molar-refractivity contribution is 0.264. The monoisotopic (exact) mass is 240 g/mol. The van der Waals surface area contributed by atoms with Gasteiger partial charge < -0.3 is 5.11 Å². The van der Waals surface area contributed by atoms with E-state index in [9.17, 15) is 0 Å². The Hall–Kier alpha value is 0.290. The van der Waals surface area contributed by atoms with Gasteiger partial charge in [-0.2, -0.15) is 10.2 Å². The first kappa shape index (κ1) is 7.40. The van der Waals surface area contributed by atoms with Crippen LogP contribution in [0.1, 0.15) is 12.8 Å². The van der Waals surface area contributed by atoms with Gasteiger partial charge in [-0.15, -0.1) is 0 Å². The highest BCUT2D eigenvalue weighted by Gasteiger charge is 2.37. The first-order chi connectivity index (χ1) is 4.33. The topological polar surface area (TPSA) is 45.0 Å². The van der Waals surface area contributed by atoms with E-state index in [0.717, 1.165) is 10.8 Å². The average Bonchev–Trinajstić information content (AvgIpc) is 2.51. The van der Waals surface area contributed by atoms with Crippen molar-refractivity contribution < 1.29 is 5.11 Å². The van der Waals surface area contributed by atoms with Gasteiger partial charge in [0.25, 0.3) is 0 Å². The van der Waals surface area contributed by atoms with Gasteiger partial charge in [0, 0.05) is 23.9 Å². The third-order valence-corrected chi connectivity index (χ3v) is 1.93. The molecule has 3 nitrogen and oxygen atoms in total. The van der Waals surface area contributed by atoms with E-state index in [1.807, 2.05) is 0 Å². The summed E-state index contributed by atoms with van der Waals surface area (Å²) in [5, 5.41) is 16.3. The molecule has 0 aromatic heterocycles. The molecule has 0 spiro atoms. The summed E-state index contributed by atoms with van der Waals surface area (Å²) in [6.45, 7) is 0.198. The predicted octanol–water partition coefficient (Wildman–Crippen LogP) is 1.36. The highest BCUT2D eigenvalue weighted by molar-refractivity contribution is 14.1. The van der Waals surface area contributed by atoms with E-state index in [4.69, 9.17) is 5.11 Å². The molecule has 1 heterocycles. The molecule has 1 rings (SSSR count). The number of rotatable bonds is 4. The fourth-order valence-corrected chi connectivity index (χ4v) is 1.59. The Bertz CT molecular complexity index is 112. The fourth-order valence-electron chi connectivity index (χ4n) is 0.726. The molecule has 4 heteroatoms. The van der Waals surface area contributed by atoms with Gasteiger partial charge >= 0.3 is 0 Å². The number of nitrogens with zero attached hydrogens (tertiary/aromatic N) is 2. The Labute approximate surface area is 67.7 Å². The molecule has 0 aromatic rings. The van der Waals surface area contributed by atoms with Crippen LogP contribution in [0.25, 0.3) is 0 Å². The zero-order valence-corrected chi connectivity index (χ0v) is 7.21. The Morgan fingerprint density at radius 2 is 2.00 bits per heavy atom. The second kappa shape index (κ2) is 2.92. The number of halogens is 1. The van der Waals surface area contributed by atoms with E-state index in [1.54, 1.807) is 0 Å². The molecule has 0 saturated carbocycles. The van der Waals surface area contributed by atoms with Crippen molar-refractivity contribution in [2.24, 2.45) is 10.2 Å². The summed E-state index contributed by atoms with van der Waals surface area (Å²) in [5.41, 5.74) is -0.157. The molecule has 0 aliphatic carbocycles. The Kier molecular flexibility index (Phi) is 2.40. The molecule has 0 amide bonds. The quantitative estimate of drug-likeness (QED) is 0.585. The Morgan fingerprint density at radius 1 is 1.33 bits per heavy atom. The van der Waals surface area contributed by atoms with E-state index in [2.05, 4.69) is 32.8 Å². The van der Waals surface area contributed by atoms with Crippen LogP contribution >= 0.6 is 22.6 Å². The minimum absolute atomic E-state index is 0.157. The standard InChI is InChI=1S/C5H9IN2O/c6-3-1-5(2-4-9)7-8-5/h9H,1-4H2. The molecule has 0 unspecified atom stereocenters. The lowest BCUT2D eigenvalue weighted by Gasteiger charge is -2.03. The zero-order valence-electron chi connectivity index (χ0n) is 5.05. The molecule has 1 aliphatic heterocycles. The van der Waals surface area contributed by atoms with Crippen LogP contribution < -0.4 is 0 Å². The van der Waals surface area contributed by atoms with Gasteiger partial charge in [0.05, 0.1) is 0 Å². The van der Waals surface area contributed by atoms with Crippen molar-refractivity contribution in [1.82, 2.24) is 0 Å². The van der Waals surface area contributed by atoms with Crippen LogP contribution in [0, 0.1) is 0 Å². The van der Waals surface area contributed by atoms with E-state index < -0.39 is 0 Å². The first-order valence-electron chi connectivity index (χ1n) is 2.94. The summed E-state index contributed by atoms with van der Waals surface area (Å²) in [5.74, 6) is 0. The van der Waals surface area contributed by atoms with Crippen molar-refractivity contribution in [3.05, 3.63) is 0 Å². The van der Waals surface area contributed by atoms with Crippen molar-refractivity contribution in [3.8, 4) is 0 Å². The van der Waals surface area contributed by atoms with Crippen LogP contribution in [-0.2, 0) is 0 Å². The molecular weight excluding hydrogens is 231 g/mol. The first-order valence-corrected chi connectivity index (χ1v) is 4.46. The summed E-state index contributed by atoms with van der Waals surface area (Å²) in [6, 6.07) is 0. The van der Waals surface area contributed by atoms with Crippen LogP contribution in [0.4, 0.5) is 0 Å². The predicted molar refractivity (Wildman–Crippen MR) is 42.8 cm³/mol. The van der Waals surface area contributed by atoms with Gasteiger partial charge in [0.2, 0.25) is 0 Å². The van der Waals surface area contributed by atoms with Crippen LogP contribution in [0.3, 0.4) is 0 Å². The highest BCUT2D eigenvalue weighted by Crippen LogP contribution is 2.35. The third-order valence-electron chi connectivity index (χ3n) is 1.39. The van der Waals surface area contributed by atoms with Crippen LogP contribution in [0.15, 0.2) is 10.2 Å². The minimum atomic E-state index is -0.157. The maximum absolute atomic E-state index is 8.55. The van der Waals surface area contributed by atoms with Gasteiger partial charge in [-0.1, -0.05) is 22.6 Å². The summed E-state index contributed by atoms with van der Waals surface area (Å²) in [4.78, 5) is 0. The number of hydrogen-bond acceptors (Lipinski definition) is 3. The number of aliphatic hydroxyl groups excluding tert-OH is 1. The molecule has 0 atom stereocenters. The van der Waals surface area contributed by atoms with Gasteiger partial charge in [0.15, 0.2) is 5.66 Å². The van der Waals surface area contributed by atoms with E-state index in [-0.39, 0.29) is 12.3 Å². The number of aliphatic hydroxyl groups is 1. The lowest BCUT2D eigenvalue weighted by atomic mass is 10.1. The molecule has 1 N–H and O–H groups in total. The SMILES string of the molecule is OCCC1(CCI)N=N1. The van der Waals surface area contributed by atoms with Gasteiger partial charge in [-0.3, -0.25) is 0 Å². The van der Waals surface area contributed by atoms with E-state index >= 15 is 0 Å². The summed E-state index contributed by atoms with van der Waals surface area (Å²) in [7, 11) is 0. The third kappa shape index (κ3) is 1.86. The fraction of sp³-hybridized carbons (Fsp3) is 1.00. The smallest absolute Gasteiger partial charge is 0.193 e. The number of hydrogen-bond donors (Lipinski definition) is 1. The second-order valence-corrected chi connectivity index (χ2v) is 3.17. The maximum Gasteiger partial charge on any atom is 0.193 e. The van der Waals surface area contributed by atoms with Crippen LogP contribution in [-0.4, -0.2) is 21.8 Å². The van der Waals surface area contributed by atoms with Gasteiger partial charge in [0.1, 0.15) is 0 Å². The van der Waals surface area contributed by atoms with Gasteiger partial charge in [-0.05, 0) is 0 Å². The van der Waals surface area contributed by atoms with Crippen molar-refractivity contribution in [2.45, 2.75) is 18.5 Å². The Balaban J connectivity index is 2.18. The van der Waals surface area contributed by atoms with Crippen molar-refractivity contribution >= 4 is 22.6 Å². The van der Waals surface area contributed by atoms with Crippen LogP contribution in [0.2, 0.25) is 0 Å². The zero-order chi connectivity index (χ0) is 6.74. The molecule has 0 saturated heterocycles. The van der Waals surface area contributed by atoms with Crippen molar-refractivity contribution in [2.75, 3.05) is 11.0 Å². The Morgan fingerprint density at radius 3 is 2.33 bits per heavy atom. The lowest BCUT2D eigenvalue weighted by Crippen LogP contribution is -2.12. The molecule has 1 aliphatic rings. The summed E-state index contributed by atoms with van der Waals surface area (Å²) >= 11 is 2.29. The number of alkyl halides is 1. The minimum Gasteiger partial charge on any atom is -0.396 e. The highest BCUT2D eigenvalue weighted by atomic mass is 127. The van der Waals surface area contributed by atoms with Crippen molar-refractivity contribution in [3.63, 3.8) is 0 Å². The molecular formula is C5H9IN2O. The second-order valence-electron chi connectivity index (χ2n) is 2.10. The van der Waals surface area contributed by atoms with E-state index in [1.165, 1.54) is 0 Å². The molecule has 0 radical (unpaired) electrons. The summed E-state index contributed by atoms with van der Waals surface area (Å²) in [6.07, 6.45) is 1.68. The maximum atomic E-state index is 8.55. The average molecular weight is 240 g/mol. The van der Waals surface area contributed by atoms with Crippen LogP contribution in [0.5, 0.6) is 0 Å². The van der Waals surface area contributed by atoms with E-state index in [0.29, 0.717) is 6.42 Å². The molecule has 0 bridgehead atoms. The normalized spacial score (nSPS) is 20.2. The van der Waals surface area contributed by atoms with Gasteiger partial charge in [-0.25, -0.2) is 0 Å².